The largest absolute Gasteiger partial charge is 0.456 e. The molecular weight excluding hydrogens is 200 g/mol. The zero-order valence-electron chi connectivity index (χ0n) is 8.73. The summed E-state index contributed by atoms with van der Waals surface area (Å²) in [5, 5.41) is 0. The van der Waals surface area contributed by atoms with E-state index in [4.69, 9.17) is 4.12 Å². The minimum Gasteiger partial charge on any atom is -0.456 e. The van der Waals surface area contributed by atoms with Crippen LogP contribution in [0.2, 0.25) is 37.9 Å². The average Bonchev–Trinajstić information content (AvgIpc) is 1.82. The van der Waals surface area contributed by atoms with Crippen LogP contribution in [0.15, 0.2) is 0 Å². The van der Waals surface area contributed by atoms with Gasteiger partial charge in [0.15, 0.2) is 17.4 Å². The smallest absolute Gasteiger partial charge is 0.275 e. The fourth-order valence-corrected chi connectivity index (χ4v) is 9.30. The first-order valence-electron chi connectivity index (χ1n) is 4.38. The van der Waals surface area contributed by atoms with E-state index in [1.165, 1.54) is 0 Å². The lowest BCUT2D eigenvalue weighted by atomic mass is 11.0. The number of hydrogen-bond donors (Lipinski definition) is 0. The summed E-state index contributed by atoms with van der Waals surface area (Å²) in [7, 11) is -3.45. The first-order chi connectivity index (χ1) is 5.35. The highest BCUT2D eigenvalue weighted by Gasteiger charge is 2.21. The molecule has 5 heteroatoms. The lowest BCUT2D eigenvalue weighted by molar-refractivity contribution is 0.554. The molecule has 0 unspecified atom stereocenters. The van der Waals surface area contributed by atoms with E-state index in [1.807, 2.05) is 6.92 Å². The van der Waals surface area contributed by atoms with Gasteiger partial charge in [-0.2, -0.15) is 0 Å². The molecule has 0 aliphatic heterocycles. The fourth-order valence-electron chi connectivity index (χ4n) is 0.961. The molecule has 1 radical (unpaired) electrons. The molecule has 0 N–H and O–H groups in total. The molecule has 2 nitrogen and oxygen atoms in total. The Balaban J connectivity index is 3.74. The first kappa shape index (κ1) is 12.4. The Morgan fingerprint density at radius 2 is 1.83 bits per heavy atom. The Kier molecular flexibility index (Phi) is 5.39. The third-order valence-corrected chi connectivity index (χ3v) is 9.52. The molecule has 0 aromatic carbocycles. The highest BCUT2D eigenvalue weighted by molar-refractivity contribution is 6.79. The van der Waals surface area contributed by atoms with Gasteiger partial charge in [0.25, 0.3) is 8.68 Å². The molecule has 0 saturated heterocycles. The molecule has 0 aromatic rings. The van der Waals surface area contributed by atoms with E-state index in [1.54, 1.807) is 0 Å². The van der Waals surface area contributed by atoms with E-state index in [9.17, 15) is 4.46 Å². The maximum atomic E-state index is 11.3. The van der Waals surface area contributed by atoms with E-state index in [-0.39, 0.29) is 0 Å². The highest BCUT2D eigenvalue weighted by atomic mass is 28.4. The maximum absolute atomic E-state index is 11.3. The van der Waals surface area contributed by atoms with Crippen molar-refractivity contribution in [2.45, 2.75) is 44.8 Å². The van der Waals surface area contributed by atoms with Crippen molar-refractivity contribution in [3.63, 3.8) is 0 Å². The SMILES string of the molecule is CC[Si](=O)C[Si](C)O[Si](C)(C)C. The zero-order valence-corrected chi connectivity index (χ0v) is 11.7. The summed E-state index contributed by atoms with van der Waals surface area (Å²) in [6.45, 7) is 10.7. The van der Waals surface area contributed by atoms with Crippen LogP contribution < -0.4 is 0 Å². The summed E-state index contributed by atoms with van der Waals surface area (Å²) in [4.78, 5) is 0. The summed E-state index contributed by atoms with van der Waals surface area (Å²) in [6, 6.07) is 0.835. The monoisotopic (exact) mass is 219 g/mol. The van der Waals surface area contributed by atoms with Crippen LogP contribution in [0, 0.1) is 0 Å². The second kappa shape index (κ2) is 5.21. The van der Waals surface area contributed by atoms with Crippen molar-refractivity contribution in [2.24, 2.45) is 0 Å². The minimum atomic E-state index is -1.38. The van der Waals surface area contributed by atoms with Gasteiger partial charge in [-0.25, -0.2) is 0 Å². The van der Waals surface area contributed by atoms with Crippen molar-refractivity contribution >= 4 is 26.0 Å². The molecule has 0 atom stereocenters. The van der Waals surface area contributed by atoms with Gasteiger partial charge in [0, 0.05) is 5.67 Å². The molecule has 12 heavy (non-hydrogen) atoms. The summed E-state index contributed by atoms with van der Waals surface area (Å²) in [5.74, 6) is 0. The van der Waals surface area contributed by atoms with Crippen molar-refractivity contribution in [3.05, 3.63) is 0 Å². The normalized spacial score (nSPS) is 12.2. The third-order valence-electron chi connectivity index (χ3n) is 1.32. The molecule has 0 rings (SSSR count). The molecular formula is C7H19O2Si3. The van der Waals surface area contributed by atoms with Gasteiger partial charge in [-0.3, -0.25) is 0 Å². The van der Waals surface area contributed by atoms with E-state index in [0.29, 0.717) is 0 Å². The van der Waals surface area contributed by atoms with E-state index >= 15 is 0 Å². The molecule has 0 saturated carbocycles. The third kappa shape index (κ3) is 7.08. The quantitative estimate of drug-likeness (QED) is 0.664. The Bertz CT molecular complexity index is 153. The van der Waals surface area contributed by atoms with Gasteiger partial charge in [0.1, 0.15) is 0 Å². The van der Waals surface area contributed by atoms with Crippen LogP contribution in [0.5, 0.6) is 0 Å². The number of rotatable bonds is 5. The van der Waals surface area contributed by atoms with Crippen LogP contribution >= 0.6 is 0 Å². The maximum Gasteiger partial charge on any atom is 0.275 e. The molecule has 0 amide bonds. The van der Waals surface area contributed by atoms with Crippen molar-refractivity contribution < 1.29 is 8.58 Å². The number of hydrogen-bond acceptors (Lipinski definition) is 2. The van der Waals surface area contributed by atoms with Gasteiger partial charge >= 0.3 is 0 Å². The van der Waals surface area contributed by atoms with Crippen molar-refractivity contribution in [3.8, 4) is 0 Å². The predicted molar refractivity (Wildman–Crippen MR) is 57.8 cm³/mol. The van der Waals surface area contributed by atoms with Crippen LogP contribution in [-0.4, -0.2) is 26.0 Å². The molecule has 0 bridgehead atoms. The van der Waals surface area contributed by atoms with Gasteiger partial charge in [-0.1, -0.05) is 6.92 Å². The van der Waals surface area contributed by atoms with E-state index in [0.717, 1.165) is 11.7 Å². The molecule has 0 aromatic heterocycles. The second-order valence-electron chi connectivity index (χ2n) is 3.99. The fraction of sp³-hybridized carbons (Fsp3) is 1.00. The Morgan fingerprint density at radius 1 is 1.33 bits per heavy atom. The molecule has 0 spiro atoms. The zero-order chi connectivity index (χ0) is 9.78. The summed E-state index contributed by atoms with van der Waals surface area (Å²) in [6.07, 6.45) is 0. The first-order valence-corrected chi connectivity index (χ1v) is 11.7. The molecule has 0 aliphatic rings. The van der Waals surface area contributed by atoms with Gasteiger partial charge in [0.05, 0.1) is 0 Å². The van der Waals surface area contributed by atoms with Gasteiger partial charge < -0.3 is 8.58 Å². The van der Waals surface area contributed by atoms with Gasteiger partial charge in [-0.15, -0.1) is 0 Å². The highest BCUT2D eigenvalue weighted by Crippen LogP contribution is 2.08. The standard InChI is InChI=1S/C7H19O2Si3/c1-6-11(8)7-10(2)9-12(3,4)5/h6-7H2,1-5H3. The Morgan fingerprint density at radius 3 is 2.17 bits per heavy atom. The van der Waals surface area contributed by atoms with Gasteiger partial charge in [0.2, 0.25) is 0 Å². The average molecular weight is 219 g/mol. The Labute approximate surface area is 79.9 Å². The van der Waals surface area contributed by atoms with Crippen molar-refractivity contribution in [1.82, 2.24) is 0 Å². The van der Waals surface area contributed by atoms with Crippen LogP contribution in [0.1, 0.15) is 6.92 Å². The van der Waals surface area contributed by atoms with Crippen LogP contribution in [0.4, 0.5) is 0 Å². The molecule has 71 valence electrons. The lowest BCUT2D eigenvalue weighted by Crippen LogP contribution is -2.34. The van der Waals surface area contributed by atoms with Gasteiger partial charge in [-0.05, 0) is 32.2 Å². The molecule has 0 heterocycles. The summed E-state index contributed by atoms with van der Waals surface area (Å²) in [5.41, 5.74) is 0.857. The van der Waals surface area contributed by atoms with Crippen LogP contribution in [0.25, 0.3) is 0 Å². The topological polar surface area (TPSA) is 26.3 Å². The summed E-state index contributed by atoms with van der Waals surface area (Å²) < 4.78 is 17.1. The summed E-state index contributed by atoms with van der Waals surface area (Å²) >= 11 is 0. The minimum absolute atomic E-state index is 0.764. The van der Waals surface area contributed by atoms with E-state index < -0.39 is 26.0 Å². The van der Waals surface area contributed by atoms with Crippen molar-refractivity contribution in [2.75, 3.05) is 0 Å². The van der Waals surface area contributed by atoms with E-state index in [2.05, 4.69) is 26.2 Å². The molecule has 0 aliphatic carbocycles. The Hall–Kier alpha value is 0.411. The predicted octanol–water partition coefficient (Wildman–Crippen LogP) is 2.44. The second-order valence-corrected chi connectivity index (χ2v) is 13.6. The van der Waals surface area contributed by atoms with Crippen LogP contribution in [-0.2, 0) is 8.58 Å². The lowest BCUT2D eigenvalue weighted by Gasteiger charge is -2.21. The van der Waals surface area contributed by atoms with Crippen LogP contribution in [0.3, 0.4) is 0 Å². The molecule has 0 fully saturated rings. The van der Waals surface area contributed by atoms with Crippen molar-refractivity contribution in [1.29, 1.82) is 0 Å².